The number of piperidine rings is 1. The van der Waals surface area contributed by atoms with Gasteiger partial charge in [-0.2, -0.15) is 0 Å². The number of likely N-dealkylation sites (tertiary alicyclic amines) is 1. The summed E-state index contributed by atoms with van der Waals surface area (Å²) >= 11 is 0. The van der Waals surface area contributed by atoms with Gasteiger partial charge in [0.1, 0.15) is 0 Å². The van der Waals surface area contributed by atoms with Crippen LogP contribution in [0.5, 0.6) is 0 Å². The van der Waals surface area contributed by atoms with Crippen LogP contribution in [-0.4, -0.2) is 29.8 Å². The molecule has 0 saturated carbocycles. The highest BCUT2D eigenvalue weighted by Gasteiger charge is 2.28. The zero-order valence-electron chi connectivity index (χ0n) is 15.3. The highest BCUT2D eigenvalue weighted by atomic mass is 16.2. The minimum atomic E-state index is -0.145. The lowest BCUT2D eigenvalue weighted by atomic mass is 9.96. The van der Waals surface area contributed by atoms with E-state index in [1.807, 2.05) is 66.4 Å². The molecule has 2 aromatic rings. The van der Waals surface area contributed by atoms with Crippen LogP contribution < -0.4 is 5.32 Å². The molecule has 2 amide bonds. The summed E-state index contributed by atoms with van der Waals surface area (Å²) in [5.41, 5.74) is 2.91. The molecule has 1 unspecified atom stereocenters. The van der Waals surface area contributed by atoms with E-state index in [-0.39, 0.29) is 17.7 Å². The van der Waals surface area contributed by atoms with Crippen molar-refractivity contribution in [3.63, 3.8) is 0 Å². The SMILES string of the molecule is CCCC(=O)N1CCCC(C(=O)Nc2ccccc2-c2ccccc2)C1. The second-order valence-corrected chi connectivity index (χ2v) is 6.83. The maximum absolute atomic E-state index is 12.8. The third-order valence-corrected chi connectivity index (χ3v) is 4.88. The lowest BCUT2D eigenvalue weighted by molar-refractivity contribution is -0.134. The molecule has 1 aliphatic heterocycles. The quantitative estimate of drug-likeness (QED) is 0.872. The molecule has 136 valence electrons. The molecule has 26 heavy (non-hydrogen) atoms. The topological polar surface area (TPSA) is 49.4 Å². The average molecular weight is 350 g/mol. The van der Waals surface area contributed by atoms with E-state index in [9.17, 15) is 9.59 Å². The summed E-state index contributed by atoms with van der Waals surface area (Å²) in [6, 6.07) is 17.9. The summed E-state index contributed by atoms with van der Waals surface area (Å²) in [5.74, 6) is 0.0189. The fraction of sp³-hybridized carbons (Fsp3) is 0.364. The van der Waals surface area contributed by atoms with E-state index < -0.39 is 0 Å². The number of anilines is 1. The van der Waals surface area contributed by atoms with Crippen molar-refractivity contribution in [2.75, 3.05) is 18.4 Å². The molecule has 4 nitrogen and oxygen atoms in total. The predicted octanol–water partition coefficient (Wildman–Crippen LogP) is 4.33. The number of rotatable bonds is 5. The van der Waals surface area contributed by atoms with Gasteiger partial charge in [0.25, 0.3) is 0 Å². The molecular weight excluding hydrogens is 324 g/mol. The third-order valence-electron chi connectivity index (χ3n) is 4.88. The van der Waals surface area contributed by atoms with Gasteiger partial charge in [0.05, 0.1) is 5.92 Å². The Bertz CT molecular complexity index is 758. The molecular formula is C22H26N2O2. The Morgan fingerprint density at radius 1 is 1.08 bits per heavy atom. The van der Waals surface area contributed by atoms with Crippen LogP contribution in [0, 0.1) is 5.92 Å². The molecule has 0 aliphatic carbocycles. The minimum absolute atomic E-state index is 0.00220. The molecule has 0 spiro atoms. The second kappa shape index (κ2) is 8.65. The fourth-order valence-electron chi connectivity index (χ4n) is 3.49. The summed E-state index contributed by atoms with van der Waals surface area (Å²) in [6.07, 6.45) is 3.12. The van der Waals surface area contributed by atoms with Crippen LogP contribution >= 0.6 is 0 Å². The smallest absolute Gasteiger partial charge is 0.229 e. The van der Waals surface area contributed by atoms with E-state index in [4.69, 9.17) is 0 Å². The van der Waals surface area contributed by atoms with Gasteiger partial charge in [-0.3, -0.25) is 9.59 Å². The number of nitrogens with zero attached hydrogens (tertiary/aromatic N) is 1. The van der Waals surface area contributed by atoms with E-state index >= 15 is 0 Å². The first-order valence-corrected chi connectivity index (χ1v) is 9.42. The van der Waals surface area contributed by atoms with Crippen LogP contribution in [-0.2, 0) is 9.59 Å². The van der Waals surface area contributed by atoms with Crippen LogP contribution in [0.3, 0.4) is 0 Å². The van der Waals surface area contributed by atoms with Crippen molar-refractivity contribution in [1.82, 2.24) is 4.90 Å². The van der Waals surface area contributed by atoms with Crippen molar-refractivity contribution < 1.29 is 9.59 Å². The molecule has 3 rings (SSSR count). The van der Waals surface area contributed by atoms with E-state index in [2.05, 4.69) is 5.32 Å². The van der Waals surface area contributed by atoms with Gasteiger partial charge in [0.15, 0.2) is 0 Å². The van der Waals surface area contributed by atoms with Gasteiger partial charge in [0, 0.05) is 30.8 Å². The Morgan fingerprint density at radius 3 is 2.58 bits per heavy atom. The van der Waals surface area contributed by atoms with E-state index in [1.54, 1.807) is 0 Å². The molecule has 1 aliphatic rings. The number of carbonyl (C=O) groups excluding carboxylic acids is 2. The molecule has 1 saturated heterocycles. The minimum Gasteiger partial charge on any atom is -0.342 e. The number of hydrogen-bond donors (Lipinski definition) is 1. The van der Waals surface area contributed by atoms with Crippen LogP contribution in [0.15, 0.2) is 54.6 Å². The molecule has 1 heterocycles. The van der Waals surface area contributed by atoms with Gasteiger partial charge < -0.3 is 10.2 Å². The lowest BCUT2D eigenvalue weighted by Gasteiger charge is -2.32. The number of hydrogen-bond acceptors (Lipinski definition) is 2. The summed E-state index contributed by atoms with van der Waals surface area (Å²) in [4.78, 5) is 26.8. The van der Waals surface area contributed by atoms with Gasteiger partial charge in [-0.05, 0) is 30.9 Å². The number of amides is 2. The highest BCUT2D eigenvalue weighted by molar-refractivity contribution is 5.97. The first-order chi connectivity index (χ1) is 12.7. The molecule has 0 aromatic heterocycles. The summed E-state index contributed by atoms with van der Waals surface area (Å²) in [6.45, 7) is 3.30. The lowest BCUT2D eigenvalue weighted by Crippen LogP contribution is -2.43. The van der Waals surface area contributed by atoms with Crippen LogP contribution in [0.4, 0.5) is 5.69 Å². The fourth-order valence-corrected chi connectivity index (χ4v) is 3.49. The van der Waals surface area contributed by atoms with Gasteiger partial charge >= 0.3 is 0 Å². The normalized spacial score (nSPS) is 17.0. The van der Waals surface area contributed by atoms with Crippen molar-refractivity contribution in [1.29, 1.82) is 0 Å². The van der Waals surface area contributed by atoms with Crippen molar-refractivity contribution in [2.24, 2.45) is 5.92 Å². The van der Waals surface area contributed by atoms with Crippen LogP contribution in [0.2, 0.25) is 0 Å². The van der Waals surface area contributed by atoms with Crippen molar-refractivity contribution in [3.8, 4) is 11.1 Å². The molecule has 1 atom stereocenters. The molecule has 1 N–H and O–H groups in total. The monoisotopic (exact) mass is 350 g/mol. The molecule has 4 heteroatoms. The zero-order valence-corrected chi connectivity index (χ0v) is 15.3. The van der Waals surface area contributed by atoms with Gasteiger partial charge in [-0.1, -0.05) is 55.5 Å². The van der Waals surface area contributed by atoms with E-state index in [0.29, 0.717) is 13.0 Å². The maximum Gasteiger partial charge on any atom is 0.229 e. The number of para-hydroxylation sites is 1. The first kappa shape index (κ1) is 18.2. The van der Waals surface area contributed by atoms with Crippen molar-refractivity contribution in [3.05, 3.63) is 54.6 Å². The molecule has 0 radical (unpaired) electrons. The van der Waals surface area contributed by atoms with Crippen LogP contribution in [0.1, 0.15) is 32.6 Å². The first-order valence-electron chi connectivity index (χ1n) is 9.42. The maximum atomic E-state index is 12.8. The van der Waals surface area contributed by atoms with E-state index in [1.165, 1.54) is 0 Å². The number of nitrogens with one attached hydrogen (secondary N) is 1. The van der Waals surface area contributed by atoms with Gasteiger partial charge in [0.2, 0.25) is 11.8 Å². The molecule has 2 aromatic carbocycles. The molecule has 0 bridgehead atoms. The Labute approximate surface area is 155 Å². The Balaban J connectivity index is 1.71. The largest absolute Gasteiger partial charge is 0.342 e. The number of benzene rings is 2. The third kappa shape index (κ3) is 4.31. The Hall–Kier alpha value is -2.62. The number of carbonyl (C=O) groups is 2. The summed E-state index contributed by atoms with van der Waals surface area (Å²) in [5, 5.41) is 3.09. The van der Waals surface area contributed by atoms with Crippen LogP contribution in [0.25, 0.3) is 11.1 Å². The average Bonchev–Trinajstić information content (AvgIpc) is 2.69. The van der Waals surface area contributed by atoms with Gasteiger partial charge in [-0.15, -0.1) is 0 Å². The van der Waals surface area contributed by atoms with Crippen molar-refractivity contribution >= 4 is 17.5 Å². The standard InChI is InChI=1S/C22H26N2O2/c1-2-9-21(25)24-15-8-12-18(16-24)22(26)23-20-14-7-6-13-19(20)17-10-4-3-5-11-17/h3-7,10-11,13-14,18H,2,8-9,12,15-16H2,1H3,(H,23,26). The van der Waals surface area contributed by atoms with E-state index in [0.717, 1.165) is 42.6 Å². The predicted molar refractivity (Wildman–Crippen MR) is 105 cm³/mol. The Kier molecular flexibility index (Phi) is 6.05. The zero-order chi connectivity index (χ0) is 18.4. The second-order valence-electron chi connectivity index (χ2n) is 6.83. The summed E-state index contributed by atoms with van der Waals surface area (Å²) < 4.78 is 0. The van der Waals surface area contributed by atoms with Crippen molar-refractivity contribution in [2.45, 2.75) is 32.6 Å². The highest BCUT2D eigenvalue weighted by Crippen LogP contribution is 2.28. The van der Waals surface area contributed by atoms with Gasteiger partial charge in [-0.25, -0.2) is 0 Å². The summed E-state index contributed by atoms with van der Waals surface area (Å²) in [7, 11) is 0. The Morgan fingerprint density at radius 2 is 1.81 bits per heavy atom. The molecule has 1 fully saturated rings.